The largest absolute Gasteiger partial charge is 0.354 e. The maximum absolute atomic E-state index is 4.99. The fraction of sp³-hybridized carbons (Fsp3) is 0.385. The van der Waals surface area contributed by atoms with Gasteiger partial charge in [0.15, 0.2) is 0 Å². The fourth-order valence-electron chi connectivity index (χ4n) is 4.40. The third-order valence-corrected chi connectivity index (χ3v) is 6.57. The van der Waals surface area contributed by atoms with E-state index in [9.17, 15) is 0 Å². The zero-order valence-corrected chi connectivity index (χ0v) is 19.6. The van der Waals surface area contributed by atoms with Crippen LogP contribution >= 0.6 is 0 Å². The molecule has 4 aromatic rings. The molecule has 4 aromatic heterocycles. The van der Waals surface area contributed by atoms with E-state index in [0.717, 1.165) is 61.2 Å². The monoisotopic (exact) mass is 441 g/mol. The van der Waals surface area contributed by atoms with Crippen molar-refractivity contribution in [2.75, 3.05) is 31.6 Å². The molecular weight excluding hydrogens is 410 g/mol. The number of rotatable bonds is 6. The minimum atomic E-state index is 0.492. The number of aryl methyl sites for hydroxylation is 1. The summed E-state index contributed by atoms with van der Waals surface area (Å²) >= 11 is 0. The van der Waals surface area contributed by atoms with Crippen LogP contribution in [-0.4, -0.2) is 62.0 Å². The van der Waals surface area contributed by atoms with E-state index < -0.39 is 0 Å². The predicted molar refractivity (Wildman–Crippen MR) is 131 cm³/mol. The van der Waals surface area contributed by atoms with E-state index in [0.29, 0.717) is 12.5 Å². The first-order valence-corrected chi connectivity index (χ1v) is 11.7. The Morgan fingerprint density at radius 3 is 2.67 bits per heavy atom. The normalized spacial score (nSPS) is 17.1. The number of aromatic nitrogens is 5. The summed E-state index contributed by atoms with van der Waals surface area (Å²) in [7, 11) is 2.19. The number of likely N-dealkylation sites (N-methyl/N-ethyl adjacent to an activating group) is 1. The molecular formula is C26H31N7. The van der Waals surface area contributed by atoms with E-state index >= 15 is 0 Å². The molecule has 1 fully saturated rings. The van der Waals surface area contributed by atoms with Gasteiger partial charge in [0.2, 0.25) is 0 Å². The van der Waals surface area contributed by atoms with E-state index in [2.05, 4.69) is 77.2 Å². The molecule has 1 aliphatic heterocycles. The first-order valence-electron chi connectivity index (χ1n) is 11.7. The van der Waals surface area contributed by atoms with Crippen molar-refractivity contribution >= 4 is 11.5 Å². The van der Waals surface area contributed by atoms with Gasteiger partial charge in [0.1, 0.15) is 17.3 Å². The molecule has 7 nitrogen and oxygen atoms in total. The van der Waals surface area contributed by atoms with E-state index in [1.165, 1.54) is 11.1 Å². The Labute approximate surface area is 195 Å². The zero-order valence-electron chi connectivity index (χ0n) is 19.6. The first-order chi connectivity index (χ1) is 16.1. The number of pyridine rings is 2. The van der Waals surface area contributed by atoms with Crippen LogP contribution in [0.2, 0.25) is 0 Å². The maximum Gasteiger partial charge on any atom is 0.136 e. The zero-order chi connectivity index (χ0) is 22.8. The standard InChI is InChI=1S/C26H31N7/c1-4-20-5-7-27-22(13-20)16-24-29-23(14-21-6-9-32-10-8-28-25(32)15-21)17-26(30-24)33-12-11-31(3)19(2)18-33/h5-10,13,15,17,19H,4,11-12,14,16,18H2,1-3H3/t19-/m0/s1. The second kappa shape index (κ2) is 9.27. The molecule has 0 amide bonds. The lowest BCUT2D eigenvalue weighted by atomic mass is 10.1. The number of fused-ring (bicyclic) bond motifs is 1. The SMILES string of the molecule is CCc1ccnc(Cc2nc(Cc3ccn4ccnc4c3)cc(N3CCN(C)[C@@H](C)C3)n2)c1. The third-order valence-electron chi connectivity index (χ3n) is 6.57. The van der Waals surface area contributed by atoms with Crippen LogP contribution in [0.3, 0.4) is 0 Å². The van der Waals surface area contributed by atoms with Crippen molar-refractivity contribution in [3.05, 3.63) is 83.5 Å². The first kappa shape index (κ1) is 21.5. The average Bonchev–Trinajstić information content (AvgIpc) is 3.29. The number of hydrogen-bond donors (Lipinski definition) is 0. The second-order valence-electron chi connectivity index (χ2n) is 9.00. The molecule has 0 radical (unpaired) electrons. The molecule has 0 unspecified atom stereocenters. The molecule has 7 heteroatoms. The van der Waals surface area contributed by atoms with Gasteiger partial charge < -0.3 is 14.2 Å². The summed E-state index contributed by atoms with van der Waals surface area (Å²) < 4.78 is 2.03. The van der Waals surface area contributed by atoms with Crippen molar-refractivity contribution in [3.63, 3.8) is 0 Å². The van der Waals surface area contributed by atoms with Crippen molar-refractivity contribution in [2.45, 2.75) is 39.2 Å². The molecule has 1 atom stereocenters. The molecule has 0 spiro atoms. The number of hydrogen-bond acceptors (Lipinski definition) is 6. The van der Waals surface area contributed by atoms with Crippen LogP contribution < -0.4 is 4.90 Å². The summed E-state index contributed by atoms with van der Waals surface area (Å²) in [5.74, 6) is 1.85. The van der Waals surface area contributed by atoms with Crippen molar-refractivity contribution in [2.24, 2.45) is 0 Å². The highest BCUT2D eigenvalue weighted by Crippen LogP contribution is 2.21. The summed E-state index contributed by atoms with van der Waals surface area (Å²) in [6, 6.07) is 11.2. The average molecular weight is 442 g/mol. The highest BCUT2D eigenvalue weighted by atomic mass is 15.3. The van der Waals surface area contributed by atoms with Crippen LogP contribution in [0.5, 0.6) is 0 Å². The van der Waals surface area contributed by atoms with Gasteiger partial charge in [-0.05, 0) is 55.8 Å². The lowest BCUT2D eigenvalue weighted by Gasteiger charge is -2.38. The van der Waals surface area contributed by atoms with Crippen molar-refractivity contribution in [1.82, 2.24) is 29.2 Å². The van der Waals surface area contributed by atoms with Gasteiger partial charge in [-0.3, -0.25) is 4.98 Å². The quantitative estimate of drug-likeness (QED) is 0.457. The molecule has 0 bridgehead atoms. The van der Waals surface area contributed by atoms with Gasteiger partial charge in [0.05, 0.1) is 12.1 Å². The third kappa shape index (κ3) is 4.88. The number of imidazole rings is 1. The highest BCUT2D eigenvalue weighted by molar-refractivity contribution is 5.45. The molecule has 1 aliphatic rings. The topological polar surface area (TPSA) is 62.5 Å². The molecule has 0 aromatic carbocycles. The van der Waals surface area contributed by atoms with Gasteiger partial charge in [-0.15, -0.1) is 0 Å². The molecule has 0 aliphatic carbocycles. The Morgan fingerprint density at radius 1 is 0.909 bits per heavy atom. The van der Waals surface area contributed by atoms with E-state index in [1.54, 1.807) is 0 Å². The summed E-state index contributed by atoms with van der Waals surface area (Å²) in [5, 5.41) is 0. The maximum atomic E-state index is 4.99. The van der Waals surface area contributed by atoms with Crippen LogP contribution in [0, 0.1) is 0 Å². The van der Waals surface area contributed by atoms with Crippen molar-refractivity contribution in [3.8, 4) is 0 Å². The van der Waals surface area contributed by atoms with Crippen LogP contribution in [0.1, 0.15) is 42.2 Å². The fourth-order valence-corrected chi connectivity index (χ4v) is 4.40. The number of nitrogens with zero attached hydrogens (tertiary/aromatic N) is 7. The van der Waals surface area contributed by atoms with E-state index in [1.807, 2.05) is 23.0 Å². The molecule has 5 rings (SSSR count). The Bertz CT molecular complexity index is 1250. The van der Waals surface area contributed by atoms with Crippen LogP contribution in [0.15, 0.2) is 55.1 Å². The van der Waals surface area contributed by atoms with Gasteiger partial charge >= 0.3 is 0 Å². The van der Waals surface area contributed by atoms with Crippen LogP contribution in [0.4, 0.5) is 5.82 Å². The molecule has 33 heavy (non-hydrogen) atoms. The predicted octanol–water partition coefficient (Wildman–Crippen LogP) is 3.40. The Morgan fingerprint density at radius 2 is 1.82 bits per heavy atom. The molecule has 5 heterocycles. The molecule has 0 N–H and O–H groups in total. The highest BCUT2D eigenvalue weighted by Gasteiger charge is 2.22. The summed E-state index contributed by atoms with van der Waals surface area (Å²) in [5.41, 5.74) is 5.49. The minimum absolute atomic E-state index is 0.492. The summed E-state index contributed by atoms with van der Waals surface area (Å²) in [6.45, 7) is 7.41. The van der Waals surface area contributed by atoms with Gasteiger partial charge in [0, 0.05) is 68.6 Å². The van der Waals surface area contributed by atoms with Gasteiger partial charge in [-0.2, -0.15) is 0 Å². The van der Waals surface area contributed by atoms with Crippen LogP contribution in [0.25, 0.3) is 5.65 Å². The lowest BCUT2D eigenvalue weighted by molar-refractivity contribution is 0.233. The Balaban J connectivity index is 1.47. The molecule has 1 saturated heterocycles. The Hall–Kier alpha value is -3.32. The smallest absolute Gasteiger partial charge is 0.136 e. The summed E-state index contributed by atoms with van der Waals surface area (Å²) in [4.78, 5) is 23.8. The Kier molecular flexibility index (Phi) is 6.05. The van der Waals surface area contributed by atoms with Gasteiger partial charge in [-0.25, -0.2) is 15.0 Å². The van der Waals surface area contributed by atoms with E-state index in [4.69, 9.17) is 9.97 Å². The van der Waals surface area contributed by atoms with Crippen LogP contribution in [-0.2, 0) is 19.3 Å². The second-order valence-corrected chi connectivity index (χ2v) is 9.00. The molecule has 170 valence electrons. The molecule has 0 saturated carbocycles. The van der Waals surface area contributed by atoms with Crippen molar-refractivity contribution in [1.29, 1.82) is 0 Å². The van der Waals surface area contributed by atoms with Gasteiger partial charge in [0.25, 0.3) is 0 Å². The van der Waals surface area contributed by atoms with Crippen molar-refractivity contribution < 1.29 is 0 Å². The van der Waals surface area contributed by atoms with E-state index in [-0.39, 0.29) is 0 Å². The lowest BCUT2D eigenvalue weighted by Crippen LogP contribution is -2.50. The summed E-state index contributed by atoms with van der Waals surface area (Å²) in [6.07, 6.45) is 10.1. The number of anilines is 1. The number of piperazine rings is 1. The minimum Gasteiger partial charge on any atom is -0.354 e. The van der Waals surface area contributed by atoms with Gasteiger partial charge in [-0.1, -0.05) is 6.92 Å².